The van der Waals surface area contributed by atoms with Crippen molar-refractivity contribution in [2.75, 3.05) is 5.73 Å². The number of nitrogens with zero attached hydrogens (tertiary/aromatic N) is 2. The summed E-state index contributed by atoms with van der Waals surface area (Å²) in [7, 11) is 0. The van der Waals surface area contributed by atoms with E-state index in [1.54, 1.807) is 11.3 Å². The van der Waals surface area contributed by atoms with Crippen LogP contribution in [0.4, 0.5) is 5.95 Å². The molecule has 0 atom stereocenters. The number of benzene rings is 3. The Morgan fingerprint density at radius 3 is 2.12 bits per heavy atom. The van der Waals surface area contributed by atoms with E-state index in [4.69, 9.17) is 5.73 Å². The first-order chi connectivity index (χ1) is 12.8. The van der Waals surface area contributed by atoms with Crippen LogP contribution in [0.5, 0.6) is 0 Å². The van der Waals surface area contributed by atoms with E-state index in [-0.39, 0.29) is 0 Å². The zero-order valence-electron chi connectivity index (χ0n) is 13.9. The summed E-state index contributed by atoms with van der Waals surface area (Å²) in [6.45, 7) is 0. The molecule has 3 aromatic carbocycles. The second-order valence-corrected chi connectivity index (χ2v) is 7.20. The number of nitrogen functional groups attached to an aromatic ring is 1. The lowest BCUT2D eigenvalue weighted by Crippen LogP contribution is -1.96. The van der Waals surface area contributed by atoms with E-state index in [0.29, 0.717) is 5.95 Å². The van der Waals surface area contributed by atoms with Crippen LogP contribution in [-0.2, 0) is 0 Å². The number of thiophene rings is 1. The summed E-state index contributed by atoms with van der Waals surface area (Å²) in [5, 5.41) is 1.13. The van der Waals surface area contributed by atoms with Gasteiger partial charge in [-0.3, -0.25) is 0 Å². The number of fused-ring (bicyclic) bond motifs is 3. The number of rotatable bonds is 2. The Morgan fingerprint density at radius 2 is 1.31 bits per heavy atom. The SMILES string of the molecule is Nc1nc(-c2ccc(-c3ccccc3)cc2)c2sc3ccccc3c2n1. The first-order valence-corrected chi connectivity index (χ1v) is 9.22. The van der Waals surface area contributed by atoms with Gasteiger partial charge in [0.15, 0.2) is 0 Å². The average Bonchev–Trinajstić information content (AvgIpc) is 3.07. The van der Waals surface area contributed by atoms with E-state index in [1.165, 1.54) is 15.8 Å². The Bertz CT molecular complexity index is 1230. The maximum atomic E-state index is 6.02. The van der Waals surface area contributed by atoms with Crippen molar-refractivity contribution in [1.29, 1.82) is 0 Å². The zero-order valence-corrected chi connectivity index (χ0v) is 14.7. The lowest BCUT2D eigenvalue weighted by Gasteiger charge is -2.06. The standard InChI is InChI=1S/C22H15N3S/c23-22-24-19(21-20(25-22)17-8-4-5-9-18(17)26-21)16-12-10-15(11-13-16)14-6-2-1-3-7-14/h1-13H,(H2,23,24,25). The molecular formula is C22H15N3S. The number of nitrogens with two attached hydrogens (primary N) is 1. The molecule has 5 rings (SSSR count). The van der Waals surface area contributed by atoms with Crippen LogP contribution < -0.4 is 5.73 Å². The van der Waals surface area contributed by atoms with E-state index < -0.39 is 0 Å². The quantitative estimate of drug-likeness (QED) is 0.439. The van der Waals surface area contributed by atoms with Gasteiger partial charge in [0.05, 0.1) is 15.9 Å². The molecule has 0 aliphatic carbocycles. The van der Waals surface area contributed by atoms with Crippen molar-refractivity contribution in [1.82, 2.24) is 9.97 Å². The van der Waals surface area contributed by atoms with Gasteiger partial charge < -0.3 is 5.73 Å². The van der Waals surface area contributed by atoms with Crippen LogP contribution in [0.2, 0.25) is 0 Å². The Morgan fingerprint density at radius 1 is 0.654 bits per heavy atom. The highest BCUT2D eigenvalue weighted by atomic mass is 32.1. The topological polar surface area (TPSA) is 51.8 Å². The molecular weight excluding hydrogens is 338 g/mol. The second-order valence-electron chi connectivity index (χ2n) is 6.15. The number of aromatic nitrogens is 2. The minimum Gasteiger partial charge on any atom is -0.368 e. The summed E-state index contributed by atoms with van der Waals surface area (Å²) in [5.41, 5.74) is 11.3. The predicted molar refractivity (Wildman–Crippen MR) is 110 cm³/mol. The van der Waals surface area contributed by atoms with Gasteiger partial charge in [-0.2, -0.15) is 0 Å². The monoisotopic (exact) mass is 353 g/mol. The third-order valence-electron chi connectivity index (χ3n) is 4.50. The van der Waals surface area contributed by atoms with Crippen LogP contribution in [0.1, 0.15) is 0 Å². The minimum atomic E-state index is 0.309. The summed E-state index contributed by atoms with van der Waals surface area (Å²) >= 11 is 1.71. The summed E-state index contributed by atoms with van der Waals surface area (Å²) in [4.78, 5) is 9.04. The smallest absolute Gasteiger partial charge is 0.221 e. The number of anilines is 1. The van der Waals surface area contributed by atoms with Gasteiger partial charge in [-0.05, 0) is 17.2 Å². The predicted octanol–water partition coefficient (Wildman–Crippen LogP) is 5.76. The van der Waals surface area contributed by atoms with Gasteiger partial charge in [-0.1, -0.05) is 72.8 Å². The number of hydrogen-bond acceptors (Lipinski definition) is 4. The molecule has 3 nitrogen and oxygen atoms in total. The molecule has 0 radical (unpaired) electrons. The Kier molecular flexibility index (Phi) is 3.43. The molecule has 124 valence electrons. The molecule has 26 heavy (non-hydrogen) atoms. The van der Waals surface area contributed by atoms with Gasteiger partial charge in [0.2, 0.25) is 5.95 Å². The maximum Gasteiger partial charge on any atom is 0.221 e. The molecule has 0 saturated heterocycles. The summed E-state index contributed by atoms with van der Waals surface area (Å²) in [6.07, 6.45) is 0. The third-order valence-corrected chi connectivity index (χ3v) is 5.67. The molecule has 0 spiro atoms. The first-order valence-electron chi connectivity index (χ1n) is 8.40. The van der Waals surface area contributed by atoms with Crippen molar-refractivity contribution in [2.45, 2.75) is 0 Å². The van der Waals surface area contributed by atoms with Crippen LogP contribution in [0.3, 0.4) is 0 Å². The van der Waals surface area contributed by atoms with Gasteiger partial charge in [0.25, 0.3) is 0 Å². The van der Waals surface area contributed by atoms with Crippen molar-refractivity contribution >= 4 is 37.6 Å². The largest absolute Gasteiger partial charge is 0.368 e. The molecule has 0 fully saturated rings. The van der Waals surface area contributed by atoms with Crippen molar-refractivity contribution in [3.8, 4) is 22.4 Å². The molecule has 0 amide bonds. The number of hydrogen-bond donors (Lipinski definition) is 1. The Hall–Kier alpha value is -3.24. The van der Waals surface area contributed by atoms with Gasteiger partial charge in [0.1, 0.15) is 0 Å². The highest BCUT2D eigenvalue weighted by Gasteiger charge is 2.14. The van der Waals surface area contributed by atoms with Crippen LogP contribution in [0, 0.1) is 0 Å². The summed E-state index contributed by atoms with van der Waals surface area (Å²) < 4.78 is 2.28. The van der Waals surface area contributed by atoms with Gasteiger partial charge in [0, 0.05) is 15.6 Å². The molecule has 2 aromatic heterocycles. The molecule has 0 bridgehead atoms. The molecule has 4 heteroatoms. The first kappa shape index (κ1) is 15.0. The van der Waals surface area contributed by atoms with Crippen LogP contribution in [0.15, 0.2) is 78.9 Å². The molecule has 2 heterocycles. The van der Waals surface area contributed by atoms with Gasteiger partial charge in [-0.25, -0.2) is 9.97 Å². The van der Waals surface area contributed by atoms with E-state index in [2.05, 4.69) is 70.6 Å². The van der Waals surface area contributed by atoms with Gasteiger partial charge in [-0.15, -0.1) is 11.3 Å². The molecule has 2 N–H and O–H groups in total. The van der Waals surface area contributed by atoms with Gasteiger partial charge >= 0.3 is 0 Å². The van der Waals surface area contributed by atoms with E-state index in [1.807, 2.05) is 18.2 Å². The summed E-state index contributed by atoms with van der Waals surface area (Å²) in [6, 6.07) is 27.1. The lowest BCUT2D eigenvalue weighted by molar-refractivity contribution is 1.25. The van der Waals surface area contributed by atoms with Crippen molar-refractivity contribution in [2.24, 2.45) is 0 Å². The second kappa shape index (κ2) is 5.93. The fourth-order valence-corrected chi connectivity index (χ4v) is 4.41. The average molecular weight is 353 g/mol. The molecule has 0 saturated carbocycles. The van der Waals surface area contributed by atoms with Crippen molar-refractivity contribution in [3.05, 3.63) is 78.9 Å². The Labute approximate surface area is 154 Å². The van der Waals surface area contributed by atoms with Crippen LogP contribution in [0.25, 0.3) is 42.7 Å². The van der Waals surface area contributed by atoms with Crippen LogP contribution in [-0.4, -0.2) is 9.97 Å². The third kappa shape index (κ3) is 2.43. The zero-order chi connectivity index (χ0) is 17.5. The van der Waals surface area contributed by atoms with E-state index >= 15 is 0 Å². The fourth-order valence-electron chi connectivity index (χ4n) is 3.26. The minimum absolute atomic E-state index is 0.309. The van der Waals surface area contributed by atoms with Crippen LogP contribution >= 0.6 is 11.3 Å². The van der Waals surface area contributed by atoms with E-state index in [0.717, 1.165) is 26.9 Å². The fraction of sp³-hybridized carbons (Fsp3) is 0. The molecule has 5 aromatic rings. The highest BCUT2D eigenvalue weighted by Crippen LogP contribution is 2.38. The normalized spacial score (nSPS) is 11.2. The Balaban J connectivity index is 1.69. The summed E-state index contributed by atoms with van der Waals surface area (Å²) in [5.74, 6) is 0.309. The molecule has 0 aliphatic rings. The lowest BCUT2D eigenvalue weighted by atomic mass is 10.0. The highest BCUT2D eigenvalue weighted by molar-refractivity contribution is 7.26. The molecule has 0 aliphatic heterocycles. The van der Waals surface area contributed by atoms with Crippen molar-refractivity contribution < 1.29 is 0 Å². The maximum absolute atomic E-state index is 6.02. The van der Waals surface area contributed by atoms with E-state index in [9.17, 15) is 0 Å². The molecule has 0 unspecified atom stereocenters. The van der Waals surface area contributed by atoms with Crippen molar-refractivity contribution in [3.63, 3.8) is 0 Å².